The summed E-state index contributed by atoms with van der Waals surface area (Å²) in [5.74, 6) is 0. The minimum atomic E-state index is 0.0493. The van der Waals surface area contributed by atoms with E-state index in [1.807, 2.05) is 36.4 Å². The first kappa shape index (κ1) is 14.4. The topological polar surface area (TPSA) is 59.6 Å². The SMILES string of the molecule is Cc1ccc(-c2ccc(NC=C(C#N)C#N)cc2)cc1C. The molecule has 0 atom stereocenters. The number of allylic oxidation sites excluding steroid dienone is 1. The van der Waals surface area contributed by atoms with Gasteiger partial charge in [0.25, 0.3) is 0 Å². The van der Waals surface area contributed by atoms with E-state index in [1.165, 1.54) is 22.9 Å². The van der Waals surface area contributed by atoms with E-state index in [1.54, 1.807) is 0 Å². The second kappa shape index (κ2) is 6.41. The lowest BCUT2D eigenvalue weighted by molar-refractivity contribution is 1.34. The van der Waals surface area contributed by atoms with Crippen molar-refractivity contribution in [3.8, 4) is 23.3 Å². The Hall–Kier alpha value is -3.04. The molecule has 3 heteroatoms. The van der Waals surface area contributed by atoms with Crippen molar-refractivity contribution in [2.45, 2.75) is 13.8 Å². The third kappa shape index (κ3) is 3.49. The lowest BCUT2D eigenvalue weighted by Gasteiger charge is -2.07. The Kier molecular flexibility index (Phi) is 4.39. The van der Waals surface area contributed by atoms with Gasteiger partial charge in [0.15, 0.2) is 0 Å². The summed E-state index contributed by atoms with van der Waals surface area (Å²) in [6, 6.07) is 17.9. The number of hydrogen-bond donors (Lipinski definition) is 1. The van der Waals surface area contributed by atoms with E-state index in [2.05, 4.69) is 37.4 Å². The molecule has 2 aromatic rings. The first-order valence-corrected chi connectivity index (χ1v) is 6.58. The highest BCUT2D eigenvalue weighted by Gasteiger charge is 2.00. The zero-order valence-electron chi connectivity index (χ0n) is 12.0. The van der Waals surface area contributed by atoms with Crippen molar-refractivity contribution >= 4 is 5.69 Å². The zero-order valence-corrected chi connectivity index (χ0v) is 12.0. The minimum absolute atomic E-state index is 0.0493. The largest absolute Gasteiger partial charge is 0.360 e. The molecule has 3 nitrogen and oxygen atoms in total. The highest BCUT2D eigenvalue weighted by atomic mass is 14.8. The van der Waals surface area contributed by atoms with Crippen LogP contribution in [0.3, 0.4) is 0 Å². The standard InChI is InChI=1S/C18H15N3/c1-13-3-4-17(9-14(13)2)16-5-7-18(8-6-16)21-12-15(10-19)11-20/h3-9,12,21H,1-2H3. The van der Waals surface area contributed by atoms with Crippen LogP contribution in [-0.4, -0.2) is 0 Å². The maximum atomic E-state index is 8.66. The quantitative estimate of drug-likeness (QED) is 0.847. The smallest absolute Gasteiger partial charge is 0.145 e. The van der Waals surface area contributed by atoms with Gasteiger partial charge in [-0.15, -0.1) is 0 Å². The molecular weight excluding hydrogens is 258 g/mol. The molecule has 2 rings (SSSR count). The predicted octanol–water partition coefficient (Wildman–Crippen LogP) is 4.31. The van der Waals surface area contributed by atoms with Crippen LogP contribution in [-0.2, 0) is 0 Å². The van der Waals surface area contributed by atoms with E-state index in [4.69, 9.17) is 10.5 Å². The number of nitriles is 2. The Morgan fingerprint density at radius 2 is 1.52 bits per heavy atom. The van der Waals surface area contributed by atoms with E-state index in [-0.39, 0.29) is 5.57 Å². The molecule has 0 amide bonds. The molecule has 21 heavy (non-hydrogen) atoms. The maximum Gasteiger partial charge on any atom is 0.145 e. The molecule has 0 heterocycles. The second-order valence-corrected chi connectivity index (χ2v) is 4.80. The van der Waals surface area contributed by atoms with Gasteiger partial charge in [-0.2, -0.15) is 10.5 Å². The molecule has 0 aliphatic rings. The van der Waals surface area contributed by atoms with Gasteiger partial charge in [0.2, 0.25) is 0 Å². The van der Waals surface area contributed by atoms with Gasteiger partial charge in [0, 0.05) is 11.9 Å². The summed E-state index contributed by atoms with van der Waals surface area (Å²) >= 11 is 0. The van der Waals surface area contributed by atoms with Crippen molar-refractivity contribution in [2.24, 2.45) is 0 Å². The van der Waals surface area contributed by atoms with E-state index in [9.17, 15) is 0 Å². The second-order valence-electron chi connectivity index (χ2n) is 4.80. The van der Waals surface area contributed by atoms with Crippen LogP contribution in [0.4, 0.5) is 5.69 Å². The van der Waals surface area contributed by atoms with Crippen LogP contribution >= 0.6 is 0 Å². The summed E-state index contributed by atoms with van der Waals surface area (Å²) in [7, 11) is 0. The van der Waals surface area contributed by atoms with Gasteiger partial charge >= 0.3 is 0 Å². The highest BCUT2D eigenvalue weighted by molar-refractivity contribution is 5.67. The number of benzene rings is 2. The van der Waals surface area contributed by atoms with E-state index in [0.29, 0.717) is 0 Å². The fourth-order valence-electron chi connectivity index (χ4n) is 1.92. The Balaban J connectivity index is 2.20. The summed E-state index contributed by atoms with van der Waals surface area (Å²) in [6.45, 7) is 4.20. The van der Waals surface area contributed by atoms with Gasteiger partial charge in [0.1, 0.15) is 17.7 Å². The Morgan fingerprint density at radius 1 is 0.905 bits per heavy atom. The van der Waals surface area contributed by atoms with Gasteiger partial charge < -0.3 is 5.32 Å². The molecule has 102 valence electrons. The number of hydrogen-bond acceptors (Lipinski definition) is 3. The third-order valence-electron chi connectivity index (χ3n) is 3.35. The fourth-order valence-corrected chi connectivity index (χ4v) is 1.92. The number of aryl methyl sites for hydroxylation is 2. The van der Waals surface area contributed by atoms with Crippen molar-refractivity contribution < 1.29 is 0 Å². The molecule has 0 fully saturated rings. The van der Waals surface area contributed by atoms with E-state index < -0.39 is 0 Å². The fraction of sp³-hybridized carbons (Fsp3) is 0.111. The van der Waals surface area contributed by atoms with Gasteiger partial charge in [-0.25, -0.2) is 0 Å². The molecule has 0 saturated carbocycles. The van der Waals surface area contributed by atoms with Crippen LogP contribution in [0.25, 0.3) is 11.1 Å². The molecule has 0 radical (unpaired) electrons. The van der Waals surface area contributed by atoms with Crippen molar-refractivity contribution in [3.63, 3.8) is 0 Å². The average molecular weight is 273 g/mol. The monoisotopic (exact) mass is 273 g/mol. The van der Waals surface area contributed by atoms with Crippen LogP contribution in [0.1, 0.15) is 11.1 Å². The van der Waals surface area contributed by atoms with Crippen molar-refractivity contribution in [3.05, 3.63) is 65.4 Å². The van der Waals surface area contributed by atoms with Gasteiger partial charge in [0.05, 0.1) is 0 Å². The Labute approximate surface area is 124 Å². The number of nitrogens with one attached hydrogen (secondary N) is 1. The molecule has 0 bridgehead atoms. The van der Waals surface area contributed by atoms with Gasteiger partial charge in [-0.1, -0.05) is 30.3 Å². The van der Waals surface area contributed by atoms with Crippen molar-refractivity contribution in [1.29, 1.82) is 10.5 Å². The Bertz CT molecular complexity index is 741. The molecule has 2 aromatic carbocycles. The molecule has 0 aliphatic carbocycles. The lowest BCUT2D eigenvalue weighted by Crippen LogP contribution is -1.90. The minimum Gasteiger partial charge on any atom is -0.360 e. The normalized spacial score (nSPS) is 9.33. The zero-order chi connectivity index (χ0) is 15.2. The van der Waals surface area contributed by atoms with Gasteiger partial charge in [-0.05, 0) is 48.2 Å². The van der Waals surface area contributed by atoms with Crippen LogP contribution in [0, 0.1) is 36.5 Å². The molecule has 0 spiro atoms. The van der Waals surface area contributed by atoms with Crippen molar-refractivity contribution in [2.75, 3.05) is 5.32 Å². The number of rotatable bonds is 3. The Morgan fingerprint density at radius 3 is 2.10 bits per heavy atom. The lowest BCUT2D eigenvalue weighted by atomic mass is 10.0. The molecule has 0 aromatic heterocycles. The van der Waals surface area contributed by atoms with Gasteiger partial charge in [-0.3, -0.25) is 0 Å². The van der Waals surface area contributed by atoms with Crippen LogP contribution in [0.2, 0.25) is 0 Å². The summed E-state index contributed by atoms with van der Waals surface area (Å²) in [6.07, 6.45) is 1.41. The molecule has 0 aliphatic heterocycles. The first-order valence-electron chi connectivity index (χ1n) is 6.58. The maximum absolute atomic E-state index is 8.66. The summed E-state index contributed by atoms with van der Waals surface area (Å²) in [5, 5.41) is 20.3. The first-order chi connectivity index (χ1) is 10.1. The predicted molar refractivity (Wildman–Crippen MR) is 84.3 cm³/mol. The van der Waals surface area contributed by atoms with E-state index >= 15 is 0 Å². The number of nitrogens with zero attached hydrogens (tertiary/aromatic N) is 2. The van der Waals surface area contributed by atoms with Crippen molar-refractivity contribution in [1.82, 2.24) is 0 Å². The molecule has 1 N–H and O–H groups in total. The average Bonchev–Trinajstić information content (AvgIpc) is 2.52. The number of anilines is 1. The molecular formula is C18H15N3. The summed E-state index contributed by atoms with van der Waals surface area (Å²) in [4.78, 5) is 0. The molecule has 0 unspecified atom stereocenters. The van der Waals surface area contributed by atoms with E-state index in [0.717, 1.165) is 11.3 Å². The summed E-state index contributed by atoms with van der Waals surface area (Å²) < 4.78 is 0. The summed E-state index contributed by atoms with van der Waals surface area (Å²) in [5.41, 5.74) is 5.75. The van der Waals surface area contributed by atoms with Crippen LogP contribution < -0.4 is 5.32 Å². The van der Waals surface area contributed by atoms with Crippen LogP contribution in [0.5, 0.6) is 0 Å². The molecule has 0 saturated heterocycles. The van der Waals surface area contributed by atoms with Crippen LogP contribution in [0.15, 0.2) is 54.2 Å². The third-order valence-corrected chi connectivity index (χ3v) is 3.35. The highest BCUT2D eigenvalue weighted by Crippen LogP contribution is 2.23.